The zero-order chi connectivity index (χ0) is 24.8. The summed E-state index contributed by atoms with van der Waals surface area (Å²) in [5.74, 6) is -0.544. The normalized spacial score (nSPS) is 13.1. The first-order valence-electron chi connectivity index (χ1n) is 10.2. The molecule has 0 fully saturated rings. The molecule has 33 heavy (non-hydrogen) atoms. The van der Waals surface area contributed by atoms with Crippen LogP contribution in [0, 0.1) is 0 Å². The first kappa shape index (κ1) is 26.7. The van der Waals surface area contributed by atoms with Crippen LogP contribution < -0.4 is 15.6 Å². The van der Waals surface area contributed by atoms with Gasteiger partial charge in [-0.3, -0.25) is 14.2 Å². The zero-order valence-electron chi connectivity index (χ0n) is 19.1. The fourth-order valence-electron chi connectivity index (χ4n) is 2.81. The molecular weight excluding hydrogens is 518 g/mol. The molecule has 0 aliphatic carbocycles. The lowest BCUT2D eigenvalue weighted by atomic mass is 10.0. The first-order chi connectivity index (χ1) is 15.4. The average Bonchev–Trinajstić information content (AvgIpc) is 2.71. The van der Waals surface area contributed by atoms with E-state index >= 15 is 0 Å². The van der Waals surface area contributed by atoms with Crippen molar-refractivity contribution in [1.82, 2.24) is 14.9 Å². The third kappa shape index (κ3) is 8.04. The standard InChI is InChI=1S/C22H27BrClN3O6/c1-6-31-16(28)11-27-12-25-19(17(23)20(27)29)32-13(2)18(14-7-9-15(24)10-8-14)26-21(30)33-22(3,4)5/h7-10,12-13,18H,6,11H2,1-5H3,(H,26,30)/t13-,18-/m0/s1. The Labute approximate surface area is 205 Å². The van der Waals surface area contributed by atoms with Crippen LogP contribution in [0.1, 0.15) is 46.2 Å². The summed E-state index contributed by atoms with van der Waals surface area (Å²) in [5.41, 5.74) is -0.486. The van der Waals surface area contributed by atoms with Crippen molar-refractivity contribution < 1.29 is 23.8 Å². The zero-order valence-corrected chi connectivity index (χ0v) is 21.4. The Bertz CT molecular complexity index is 1040. The molecule has 9 nitrogen and oxygen atoms in total. The van der Waals surface area contributed by atoms with Gasteiger partial charge in [-0.05, 0) is 68.2 Å². The summed E-state index contributed by atoms with van der Waals surface area (Å²) < 4.78 is 17.3. The minimum Gasteiger partial charge on any atom is -0.471 e. The Morgan fingerprint density at radius 3 is 2.45 bits per heavy atom. The van der Waals surface area contributed by atoms with E-state index in [9.17, 15) is 14.4 Å². The molecule has 0 radical (unpaired) electrons. The predicted octanol–water partition coefficient (Wildman–Crippen LogP) is 4.26. The Morgan fingerprint density at radius 1 is 1.24 bits per heavy atom. The smallest absolute Gasteiger partial charge is 0.408 e. The van der Waals surface area contributed by atoms with Crippen LogP contribution in [0.25, 0.3) is 0 Å². The molecule has 1 aromatic heterocycles. The highest BCUT2D eigenvalue weighted by Gasteiger charge is 2.27. The van der Waals surface area contributed by atoms with Gasteiger partial charge in [0.05, 0.1) is 12.6 Å². The molecule has 0 saturated carbocycles. The minimum absolute atomic E-state index is 0.0116. The lowest BCUT2D eigenvalue weighted by Gasteiger charge is -2.28. The number of alkyl carbamates (subject to hydrolysis) is 1. The van der Waals surface area contributed by atoms with E-state index in [-0.39, 0.29) is 23.5 Å². The summed E-state index contributed by atoms with van der Waals surface area (Å²) in [5, 5.41) is 3.34. The highest BCUT2D eigenvalue weighted by molar-refractivity contribution is 9.10. The molecule has 0 bridgehead atoms. The number of benzene rings is 1. The number of amides is 1. The van der Waals surface area contributed by atoms with Crippen LogP contribution >= 0.6 is 27.5 Å². The van der Waals surface area contributed by atoms with Crippen molar-refractivity contribution in [3.05, 3.63) is 56.0 Å². The number of aromatic nitrogens is 2. The Hall–Kier alpha value is -2.59. The maximum absolute atomic E-state index is 12.6. The first-order valence-corrected chi connectivity index (χ1v) is 11.4. The molecule has 0 spiro atoms. The van der Waals surface area contributed by atoms with Crippen molar-refractivity contribution in [3.63, 3.8) is 0 Å². The third-order valence-electron chi connectivity index (χ3n) is 4.22. The van der Waals surface area contributed by atoms with Crippen LogP contribution in [0.3, 0.4) is 0 Å². The molecule has 1 N–H and O–H groups in total. The summed E-state index contributed by atoms with van der Waals surface area (Å²) in [6.07, 6.45) is -0.0948. The largest absolute Gasteiger partial charge is 0.471 e. The van der Waals surface area contributed by atoms with Crippen molar-refractivity contribution in [2.45, 2.75) is 58.9 Å². The maximum Gasteiger partial charge on any atom is 0.408 e. The molecule has 0 unspecified atom stereocenters. The van der Waals surface area contributed by atoms with Crippen molar-refractivity contribution in [2.75, 3.05) is 6.61 Å². The molecule has 1 heterocycles. The summed E-state index contributed by atoms with van der Waals surface area (Å²) in [6, 6.07) is 6.25. The predicted molar refractivity (Wildman–Crippen MR) is 126 cm³/mol. The molecule has 1 amide bonds. The third-order valence-corrected chi connectivity index (χ3v) is 5.15. The Kier molecular flexibility index (Phi) is 9.30. The van der Waals surface area contributed by atoms with E-state index < -0.39 is 35.4 Å². The SMILES string of the molecule is CCOC(=O)Cn1cnc(O[C@@H](C)[C@H](NC(=O)OC(C)(C)C)c2ccc(Cl)cc2)c(Br)c1=O. The van der Waals surface area contributed by atoms with Crippen LogP contribution in [-0.4, -0.2) is 39.9 Å². The highest BCUT2D eigenvalue weighted by atomic mass is 79.9. The fraction of sp³-hybridized carbons (Fsp3) is 0.455. The van der Waals surface area contributed by atoms with E-state index in [1.165, 1.54) is 6.33 Å². The van der Waals surface area contributed by atoms with Gasteiger partial charge in [0.1, 0.15) is 29.0 Å². The molecule has 2 atom stereocenters. The van der Waals surface area contributed by atoms with Gasteiger partial charge >= 0.3 is 12.1 Å². The molecule has 1 aromatic carbocycles. The number of ether oxygens (including phenoxy) is 3. The van der Waals surface area contributed by atoms with Gasteiger partial charge in [-0.2, -0.15) is 0 Å². The Balaban J connectivity index is 2.27. The van der Waals surface area contributed by atoms with Crippen LogP contribution in [0.4, 0.5) is 4.79 Å². The second-order valence-electron chi connectivity index (χ2n) is 8.10. The lowest BCUT2D eigenvalue weighted by Crippen LogP contribution is -2.41. The van der Waals surface area contributed by atoms with Crippen LogP contribution in [-0.2, 0) is 20.8 Å². The number of hydrogen-bond donors (Lipinski definition) is 1. The van der Waals surface area contributed by atoms with Crippen molar-refractivity contribution in [2.24, 2.45) is 0 Å². The number of rotatable bonds is 8. The second kappa shape index (κ2) is 11.5. The monoisotopic (exact) mass is 543 g/mol. The summed E-state index contributed by atoms with van der Waals surface area (Å²) in [7, 11) is 0. The number of nitrogens with one attached hydrogen (secondary N) is 1. The van der Waals surface area contributed by atoms with Gasteiger partial charge in [-0.1, -0.05) is 23.7 Å². The molecule has 2 aromatic rings. The fourth-order valence-corrected chi connectivity index (χ4v) is 3.36. The van der Waals surface area contributed by atoms with E-state index in [1.807, 2.05) is 0 Å². The van der Waals surface area contributed by atoms with Crippen molar-refractivity contribution in [3.8, 4) is 5.88 Å². The lowest BCUT2D eigenvalue weighted by molar-refractivity contribution is -0.143. The number of nitrogens with zero attached hydrogens (tertiary/aromatic N) is 2. The van der Waals surface area contributed by atoms with Crippen molar-refractivity contribution >= 4 is 39.6 Å². The quantitative estimate of drug-likeness (QED) is 0.495. The van der Waals surface area contributed by atoms with Gasteiger partial charge in [-0.25, -0.2) is 9.78 Å². The van der Waals surface area contributed by atoms with E-state index in [0.717, 1.165) is 4.57 Å². The molecule has 180 valence electrons. The average molecular weight is 545 g/mol. The summed E-state index contributed by atoms with van der Waals surface area (Å²) in [4.78, 5) is 40.9. The molecule has 0 aliphatic heterocycles. The molecule has 2 rings (SSSR count). The van der Waals surface area contributed by atoms with E-state index in [2.05, 4.69) is 26.2 Å². The number of carbonyl (C=O) groups is 2. The molecule has 0 saturated heterocycles. The highest BCUT2D eigenvalue weighted by Crippen LogP contribution is 2.26. The minimum atomic E-state index is -0.688. The second-order valence-corrected chi connectivity index (χ2v) is 9.33. The number of hydrogen-bond acceptors (Lipinski definition) is 7. The van der Waals surface area contributed by atoms with E-state index in [1.54, 1.807) is 58.9 Å². The van der Waals surface area contributed by atoms with Crippen LogP contribution in [0.5, 0.6) is 5.88 Å². The molecule has 11 heteroatoms. The summed E-state index contributed by atoms with van der Waals surface area (Å²) >= 11 is 9.19. The Morgan fingerprint density at radius 2 is 1.88 bits per heavy atom. The van der Waals surface area contributed by atoms with E-state index in [4.69, 9.17) is 25.8 Å². The van der Waals surface area contributed by atoms with Crippen molar-refractivity contribution in [1.29, 1.82) is 0 Å². The topological polar surface area (TPSA) is 109 Å². The van der Waals surface area contributed by atoms with Gasteiger partial charge in [0, 0.05) is 5.02 Å². The number of carbonyl (C=O) groups excluding carboxylic acids is 2. The van der Waals surface area contributed by atoms with Gasteiger partial charge in [-0.15, -0.1) is 0 Å². The number of halogens is 2. The van der Waals surface area contributed by atoms with Gasteiger partial charge < -0.3 is 19.5 Å². The van der Waals surface area contributed by atoms with Gasteiger partial charge in [0.2, 0.25) is 5.88 Å². The van der Waals surface area contributed by atoms with Crippen LogP contribution in [0.2, 0.25) is 5.02 Å². The molecule has 0 aliphatic rings. The molecular formula is C22H27BrClN3O6. The van der Waals surface area contributed by atoms with Crippen LogP contribution in [0.15, 0.2) is 39.9 Å². The van der Waals surface area contributed by atoms with E-state index in [0.29, 0.717) is 10.6 Å². The van der Waals surface area contributed by atoms with Gasteiger partial charge in [0.25, 0.3) is 5.56 Å². The summed E-state index contributed by atoms with van der Waals surface area (Å²) in [6.45, 7) is 8.60. The number of esters is 1. The van der Waals surface area contributed by atoms with Gasteiger partial charge in [0.15, 0.2) is 0 Å². The maximum atomic E-state index is 12.6.